The van der Waals surface area contributed by atoms with Crippen LogP contribution in [0.1, 0.15) is 44.7 Å². The molecule has 4 atom stereocenters. The standard InChI is InChI=1S/C24H29FO3/c1-17(2)24-14-21(27-16-19-11-7-8-12-20(19)25)23(3,28-24)13-22(24)26-15-18-9-5-4-6-10-18/h4-12,17,21-22H,13-16H2,1-3H3/t21-,22-,23+,24-/m1/s1. The summed E-state index contributed by atoms with van der Waals surface area (Å²) in [5.41, 5.74) is 0.992. The molecule has 0 unspecified atom stereocenters. The van der Waals surface area contributed by atoms with Crippen LogP contribution in [0.3, 0.4) is 0 Å². The molecule has 3 nitrogen and oxygen atoms in total. The van der Waals surface area contributed by atoms with Crippen molar-refractivity contribution in [3.63, 3.8) is 0 Å². The molecule has 0 saturated carbocycles. The van der Waals surface area contributed by atoms with E-state index in [9.17, 15) is 4.39 Å². The molecule has 150 valence electrons. The van der Waals surface area contributed by atoms with Crippen molar-refractivity contribution < 1.29 is 18.6 Å². The number of benzene rings is 2. The van der Waals surface area contributed by atoms with Gasteiger partial charge in [0.1, 0.15) is 11.4 Å². The SMILES string of the molecule is CC(C)[C@]12C[C@@H](OCc3ccccc3F)[C@](C)(C[C@H]1OCc1ccccc1)O2. The average Bonchev–Trinajstić information content (AvgIpc) is 3.15. The van der Waals surface area contributed by atoms with Crippen LogP contribution in [-0.4, -0.2) is 23.4 Å². The molecular weight excluding hydrogens is 355 g/mol. The number of halogens is 1. The zero-order valence-electron chi connectivity index (χ0n) is 16.9. The fraction of sp³-hybridized carbons (Fsp3) is 0.500. The number of hydrogen-bond donors (Lipinski definition) is 0. The second kappa shape index (κ2) is 7.58. The van der Waals surface area contributed by atoms with Gasteiger partial charge in [0.15, 0.2) is 0 Å². The topological polar surface area (TPSA) is 27.7 Å². The van der Waals surface area contributed by atoms with Crippen LogP contribution in [0, 0.1) is 11.7 Å². The van der Waals surface area contributed by atoms with Crippen LogP contribution in [-0.2, 0) is 27.4 Å². The van der Waals surface area contributed by atoms with Crippen molar-refractivity contribution in [1.29, 1.82) is 0 Å². The van der Waals surface area contributed by atoms with Gasteiger partial charge in [0.25, 0.3) is 0 Å². The van der Waals surface area contributed by atoms with Gasteiger partial charge in [-0.2, -0.15) is 0 Å². The molecule has 2 aliphatic heterocycles. The Morgan fingerprint density at radius 1 is 0.964 bits per heavy atom. The van der Waals surface area contributed by atoms with Crippen molar-refractivity contribution in [3.8, 4) is 0 Å². The van der Waals surface area contributed by atoms with Gasteiger partial charge in [0.2, 0.25) is 0 Å². The van der Waals surface area contributed by atoms with E-state index in [1.807, 2.05) is 24.3 Å². The monoisotopic (exact) mass is 384 g/mol. The van der Waals surface area contributed by atoms with Crippen molar-refractivity contribution in [3.05, 3.63) is 71.5 Å². The summed E-state index contributed by atoms with van der Waals surface area (Å²) in [4.78, 5) is 0. The number of hydrogen-bond acceptors (Lipinski definition) is 3. The van der Waals surface area contributed by atoms with E-state index >= 15 is 0 Å². The summed E-state index contributed by atoms with van der Waals surface area (Å²) in [6.07, 6.45) is 1.53. The second-order valence-electron chi connectivity index (χ2n) is 8.61. The third kappa shape index (κ3) is 3.49. The first-order chi connectivity index (χ1) is 13.4. The van der Waals surface area contributed by atoms with Crippen molar-refractivity contribution in [2.24, 2.45) is 5.92 Å². The Bertz CT molecular complexity index is 809. The Kier molecular flexibility index (Phi) is 5.30. The fourth-order valence-corrected chi connectivity index (χ4v) is 4.70. The van der Waals surface area contributed by atoms with Crippen LogP contribution < -0.4 is 0 Å². The van der Waals surface area contributed by atoms with Crippen LogP contribution in [0.15, 0.2) is 54.6 Å². The third-order valence-electron chi connectivity index (χ3n) is 6.41. The van der Waals surface area contributed by atoms with Gasteiger partial charge in [-0.3, -0.25) is 0 Å². The number of ether oxygens (including phenoxy) is 3. The molecule has 2 aliphatic rings. The minimum Gasteiger partial charge on any atom is -0.370 e. The van der Waals surface area contributed by atoms with E-state index in [4.69, 9.17) is 14.2 Å². The molecule has 0 N–H and O–H groups in total. The maximum absolute atomic E-state index is 13.9. The Hall–Kier alpha value is -1.75. The summed E-state index contributed by atoms with van der Waals surface area (Å²) in [6, 6.07) is 17.0. The first kappa shape index (κ1) is 19.6. The number of fused-ring (bicyclic) bond motifs is 2. The maximum atomic E-state index is 13.9. The van der Waals surface area contributed by atoms with Gasteiger partial charge in [-0.1, -0.05) is 62.4 Å². The Labute approximate surface area is 166 Å². The predicted octanol–water partition coefficient (Wildman–Crippen LogP) is 5.27. The fourth-order valence-electron chi connectivity index (χ4n) is 4.70. The van der Waals surface area contributed by atoms with E-state index in [1.165, 1.54) is 11.6 Å². The highest BCUT2D eigenvalue weighted by Gasteiger charge is 2.66. The van der Waals surface area contributed by atoms with Crippen LogP contribution in [0.2, 0.25) is 0 Å². The van der Waals surface area contributed by atoms with Crippen LogP contribution in [0.4, 0.5) is 4.39 Å². The summed E-state index contributed by atoms with van der Waals surface area (Å²) in [6.45, 7) is 7.32. The highest BCUT2D eigenvalue weighted by Crippen LogP contribution is 2.56. The predicted molar refractivity (Wildman–Crippen MR) is 106 cm³/mol. The van der Waals surface area contributed by atoms with Crippen molar-refractivity contribution in [1.82, 2.24) is 0 Å². The number of rotatable bonds is 7. The lowest BCUT2D eigenvalue weighted by Gasteiger charge is -2.38. The molecule has 28 heavy (non-hydrogen) atoms. The Morgan fingerprint density at radius 2 is 1.64 bits per heavy atom. The molecule has 0 spiro atoms. The highest BCUT2D eigenvalue weighted by molar-refractivity contribution is 5.19. The third-order valence-corrected chi connectivity index (χ3v) is 6.41. The highest BCUT2D eigenvalue weighted by atomic mass is 19.1. The van der Waals surface area contributed by atoms with Crippen LogP contribution in [0.25, 0.3) is 0 Å². The molecule has 0 radical (unpaired) electrons. The second-order valence-corrected chi connectivity index (χ2v) is 8.61. The summed E-state index contributed by atoms with van der Waals surface area (Å²) in [7, 11) is 0. The van der Waals surface area contributed by atoms with E-state index in [0.717, 1.165) is 12.8 Å². The van der Waals surface area contributed by atoms with Crippen LogP contribution >= 0.6 is 0 Å². The van der Waals surface area contributed by atoms with Gasteiger partial charge >= 0.3 is 0 Å². The van der Waals surface area contributed by atoms with Crippen molar-refractivity contribution >= 4 is 0 Å². The maximum Gasteiger partial charge on any atom is 0.128 e. The minimum absolute atomic E-state index is 0.0333. The molecular formula is C24H29FO3. The van der Waals surface area contributed by atoms with Gasteiger partial charge in [0, 0.05) is 18.4 Å². The zero-order valence-corrected chi connectivity index (χ0v) is 16.9. The molecule has 2 fully saturated rings. The smallest absolute Gasteiger partial charge is 0.128 e. The molecule has 4 heteroatoms. The largest absolute Gasteiger partial charge is 0.370 e. The summed E-state index contributed by atoms with van der Waals surface area (Å²) < 4.78 is 33.1. The van der Waals surface area contributed by atoms with Gasteiger partial charge < -0.3 is 14.2 Å². The summed E-state index contributed by atoms with van der Waals surface area (Å²) in [5, 5.41) is 0. The van der Waals surface area contributed by atoms with Crippen molar-refractivity contribution in [2.45, 2.75) is 70.2 Å². The molecule has 0 aliphatic carbocycles. The van der Waals surface area contributed by atoms with Gasteiger partial charge in [-0.05, 0) is 24.5 Å². The first-order valence-electron chi connectivity index (χ1n) is 10.1. The normalized spacial score (nSPS) is 31.6. The van der Waals surface area contributed by atoms with Crippen molar-refractivity contribution in [2.75, 3.05) is 0 Å². The molecule has 2 aromatic carbocycles. The van der Waals surface area contributed by atoms with E-state index in [0.29, 0.717) is 18.1 Å². The molecule has 2 aromatic rings. The molecule has 2 saturated heterocycles. The van der Waals surface area contributed by atoms with E-state index < -0.39 is 5.60 Å². The lowest BCUT2D eigenvalue weighted by Crippen LogP contribution is -2.48. The van der Waals surface area contributed by atoms with Gasteiger partial charge in [-0.15, -0.1) is 0 Å². The average molecular weight is 384 g/mol. The Balaban J connectivity index is 1.45. The van der Waals surface area contributed by atoms with Gasteiger partial charge in [0.05, 0.1) is 31.0 Å². The summed E-state index contributed by atoms with van der Waals surface area (Å²) >= 11 is 0. The quantitative estimate of drug-likeness (QED) is 0.650. The Morgan fingerprint density at radius 3 is 2.36 bits per heavy atom. The van der Waals surface area contributed by atoms with E-state index in [-0.39, 0.29) is 30.2 Å². The van der Waals surface area contributed by atoms with E-state index in [1.54, 1.807) is 12.1 Å². The minimum atomic E-state index is -0.406. The van der Waals surface area contributed by atoms with E-state index in [2.05, 4.69) is 32.9 Å². The molecule has 0 amide bonds. The lowest BCUT2D eigenvalue weighted by molar-refractivity contribution is -0.121. The van der Waals surface area contributed by atoms with Crippen LogP contribution in [0.5, 0.6) is 0 Å². The molecule has 0 aromatic heterocycles. The lowest BCUT2D eigenvalue weighted by atomic mass is 9.73. The molecule has 4 rings (SSSR count). The first-order valence-corrected chi connectivity index (χ1v) is 10.1. The molecule has 2 bridgehead atoms. The zero-order chi connectivity index (χ0) is 19.8. The molecule has 2 heterocycles. The van der Waals surface area contributed by atoms with Gasteiger partial charge in [-0.25, -0.2) is 4.39 Å². The summed E-state index contributed by atoms with van der Waals surface area (Å²) in [5.74, 6) is 0.0801.